The van der Waals surface area contributed by atoms with Gasteiger partial charge in [-0.1, -0.05) is 0 Å². The zero-order valence-electron chi connectivity index (χ0n) is 11.7. The zero-order chi connectivity index (χ0) is 13.8. The van der Waals surface area contributed by atoms with Crippen molar-refractivity contribution in [3.63, 3.8) is 0 Å². The zero-order valence-corrected chi connectivity index (χ0v) is 11.7. The highest BCUT2D eigenvalue weighted by molar-refractivity contribution is 5.41. The molecule has 1 fully saturated rings. The number of hydrogen-bond donors (Lipinski definition) is 1. The molecule has 2 rings (SSSR count). The lowest BCUT2D eigenvalue weighted by Crippen LogP contribution is -2.50. The first-order valence-corrected chi connectivity index (χ1v) is 6.50. The monoisotopic (exact) mass is 260 g/mol. The van der Waals surface area contributed by atoms with Gasteiger partial charge in [0, 0.05) is 43.5 Å². The van der Waals surface area contributed by atoms with E-state index in [1.807, 2.05) is 20.0 Å². The van der Waals surface area contributed by atoms with Gasteiger partial charge < -0.3 is 10.1 Å². The highest BCUT2D eigenvalue weighted by atomic mass is 16.5. The molecule has 0 radical (unpaired) electrons. The van der Waals surface area contributed by atoms with Crippen LogP contribution in [0.1, 0.15) is 16.8 Å². The summed E-state index contributed by atoms with van der Waals surface area (Å²) < 4.78 is 5.42. The number of nitrogens with zero attached hydrogens (tertiary/aromatic N) is 3. The number of rotatable bonds is 3. The third-order valence-electron chi connectivity index (χ3n) is 3.61. The highest BCUT2D eigenvalue weighted by Gasteiger charge is 2.23. The van der Waals surface area contributed by atoms with Crippen LogP contribution in [-0.2, 0) is 6.54 Å². The molecule has 2 heterocycles. The summed E-state index contributed by atoms with van der Waals surface area (Å²) in [6, 6.07) is 2.26. The molecule has 1 aromatic rings. The summed E-state index contributed by atoms with van der Waals surface area (Å²) in [6.45, 7) is 7.22. The molecule has 5 heteroatoms. The van der Waals surface area contributed by atoms with E-state index in [0.717, 1.165) is 42.2 Å². The molecular formula is C14H20N4O. The van der Waals surface area contributed by atoms with Crippen molar-refractivity contribution in [2.24, 2.45) is 0 Å². The third kappa shape index (κ3) is 2.86. The average Bonchev–Trinajstić information content (AvgIpc) is 2.43. The predicted octanol–water partition coefficient (Wildman–Crippen LogP) is 1.00. The first-order chi connectivity index (χ1) is 9.17. The molecule has 0 aromatic carbocycles. The van der Waals surface area contributed by atoms with E-state index in [2.05, 4.69) is 21.3 Å². The molecule has 1 N–H and O–H groups in total. The molecule has 1 aliphatic rings. The lowest BCUT2D eigenvalue weighted by Gasteiger charge is -2.32. The van der Waals surface area contributed by atoms with Gasteiger partial charge in [-0.2, -0.15) is 5.26 Å². The van der Waals surface area contributed by atoms with E-state index >= 15 is 0 Å². The lowest BCUT2D eigenvalue weighted by molar-refractivity contribution is 0.186. The Labute approximate surface area is 114 Å². The van der Waals surface area contributed by atoms with Gasteiger partial charge in [-0.05, 0) is 13.8 Å². The Morgan fingerprint density at radius 1 is 1.58 bits per heavy atom. The van der Waals surface area contributed by atoms with Gasteiger partial charge in [-0.15, -0.1) is 0 Å². The van der Waals surface area contributed by atoms with Crippen LogP contribution in [0.4, 0.5) is 0 Å². The fraction of sp³-hybridized carbons (Fsp3) is 0.571. The van der Waals surface area contributed by atoms with Crippen LogP contribution in [0.5, 0.6) is 5.75 Å². The first kappa shape index (κ1) is 13.8. The fourth-order valence-corrected chi connectivity index (χ4v) is 2.49. The molecule has 0 saturated carbocycles. The SMILES string of the molecule is COc1c(C)cnc(CN2CCNCC2C#N)c1C. The fourth-order valence-electron chi connectivity index (χ4n) is 2.49. The quantitative estimate of drug-likeness (QED) is 0.878. The van der Waals surface area contributed by atoms with Crippen LogP contribution < -0.4 is 10.1 Å². The molecule has 1 aliphatic heterocycles. The van der Waals surface area contributed by atoms with Crippen LogP contribution >= 0.6 is 0 Å². The minimum absolute atomic E-state index is 0.0813. The Hall–Kier alpha value is -1.64. The van der Waals surface area contributed by atoms with Crippen LogP contribution in [-0.4, -0.2) is 42.7 Å². The summed E-state index contributed by atoms with van der Waals surface area (Å²) in [5.74, 6) is 0.897. The molecule has 102 valence electrons. The number of nitriles is 1. The van der Waals surface area contributed by atoms with Crippen molar-refractivity contribution in [3.05, 3.63) is 23.0 Å². The van der Waals surface area contributed by atoms with Crippen LogP contribution in [0.2, 0.25) is 0 Å². The minimum atomic E-state index is -0.0813. The maximum atomic E-state index is 9.18. The van der Waals surface area contributed by atoms with Gasteiger partial charge in [0.25, 0.3) is 0 Å². The molecule has 19 heavy (non-hydrogen) atoms. The third-order valence-corrected chi connectivity index (χ3v) is 3.61. The molecule has 1 unspecified atom stereocenters. The Morgan fingerprint density at radius 3 is 3.05 bits per heavy atom. The van der Waals surface area contributed by atoms with Crippen molar-refractivity contribution in [2.75, 3.05) is 26.7 Å². The normalized spacial score (nSPS) is 20.0. The van der Waals surface area contributed by atoms with Crippen molar-refractivity contribution in [2.45, 2.75) is 26.4 Å². The van der Waals surface area contributed by atoms with Gasteiger partial charge in [0.15, 0.2) is 0 Å². The van der Waals surface area contributed by atoms with Crippen molar-refractivity contribution in [1.29, 1.82) is 5.26 Å². The average molecular weight is 260 g/mol. The van der Waals surface area contributed by atoms with Gasteiger partial charge in [0.05, 0.1) is 18.9 Å². The van der Waals surface area contributed by atoms with Crippen LogP contribution in [0.25, 0.3) is 0 Å². The summed E-state index contributed by atoms with van der Waals surface area (Å²) in [6.07, 6.45) is 1.84. The summed E-state index contributed by atoms with van der Waals surface area (Å²) in [5, 5.41) is 12.4. The van der Waals surface area contributed by atoms with E-state index in [1.165, 1.54) is 0 Å². The lowest BCUT2D eigenvalue weighted by atomic mass is 10.1. The Morgan fingerprint density at radius 2 is 2.37 bits per heavy atom. The Kier molecular flexibility index (Phi) is 4.35. The standard InChI is InChI=1S/C14H20N4O/c1-10-7-17-13(11(2)14(10)19-3)9-18-5-4-16-8-12(18)6-15/h7,12,16H,4-5,8-9H2,1-3H3. The number of aromatic nitrogens is 1. The topological polar surface area (TPSA) is 61.2 Å². The maximum Gasteiger partial charge on any atom is 0.128 e. The Balaban J connectivity index is 2.21. The van der Waals surface area contributed by atoms with E-state index in [4.69, 9.17) is 4.74 Å². The summed E-state index contributed by atoms with van der Waals surface area (Å²) in [5.41, 5.74) is 3.10. The van der Waals surface area contributed by atoms with Crippen molar-refractivity contribution in [1.82, 2.24) is 15.2 Å². The van der Waals surface area contributed by atoms with Gasteiger partial charge >= 0.3 is 0 Å². The number of methoxy groups -OCH3 is 1. The molecule has 1 atom stereocenters. The Bertz CT molecular complexity index is 495. The minimum Gasteiger partial charge on any atom is -0.496 e. The summed E-state index contributed by atoms with van der Waals surface area (Å²) >= 11 is 0. The second-order valence-electron chi connectivity index (χ2n) is 4.87. The van der Waals surface area contributed by atoms with E-state index in [1.54, 1.807) is 7.11 Å². The van der Waals surface area contributed by atoms with E-state index in [9.17, 15) is 5.26 Å². The number of aryl methyl sites for hydroxylation is 1. The van der Waals surface area contributed by atoms with Crippen molar-refractivity contribution in [3.8, 4) is 11.8 Å². The van der Waals surface area contributed by atoms with E-state index in [0.29, 0.717) is 6.54 Å². The van der Waals surface area contributed by atoms with Crippen molar-refractivity contribution >= 4 is 0 Å². The van der Waals surface area contributed by atoms with Crippen LogP contribution in [0.15, 0.2) is 6.20 Å². The highest BCUT2D eigenvalue weighted by Crippen LogP contribution is 2.25. The largest absolute Gasteiger partial charge is 0.496 e. The predicted molar refractivity (Wildman–Crippen MR) is 72.9 cm³/mol. The summed E-state index contributed by atoms with van der Waals surface area (Å²) in [4.78, 5) is 6.67. The van der Waals surface area contributed by atoms with Gasteiger partial charge in [-0.25, -0.2) is 0 Å². The molecule has 0 spiro atoms. The second-order valence-corrected chi connectivity index (χ2v) is 4.87. The smallest absolute Gasteiger partial charge is 0.128 e. The number of nitrogens with one attached hydrogen (secondary N) is 1. The molecule has 0 aliphatic carbocycles. The van der Waals surface area contributed by atoms with Crippen molar-refractivity contribution < 1.29 is 4.74 Å². The van der Waals surface area contributed by atoms with Gasteiger partial charge in [0.2, 0.25) is 0 Å². The summed E-state index contributed by atoms with van der Waals surface area (Å²) in [7, 11) is 1.68. The molecule has 0 amide bonds. The van der Waals surface area contributed by atoms with E-state index in [-0.39, 0.29) is 6.04 Å². The second kappa shape index (κ2) is 6.00. The number of hydrogen-bond acceptors (Lipinski definition) is 5. The molecule has 5 nitrogen and oxygen atoms in total. The van der Waals surface area contributed by atoms with Gasteiger partial charge in [-0.3, -0.25) is 9.88 Å². The van der Waals surface area contributed by atoms with Crippen LogP contribution in [0.3, 0.4) is 0 Å². The molecule has 1 aromatic heterocycles. The molecular weight excluding hydrogens is 240 g/mol. The van der Waals surface area contributed by atoms with Crippen LogP contribution in [0, 0.1) is 25.2 Å². The van der Waals surface area contributed by atoms with Gasteiger partial charge in [0.1, 0.15) is 11.8 Å². The maximum absolute atomic E-state index is 9.18. The number of ether oxygens (including phenoxy) is 1. The number of pyridine rings is 1. The molecule has 0 bridgehead atoms. The first-order valence-electron chi connectivity index (χ1n) is 6.50. The number of piperazine rings is 1. The van der Waals surface area contributed by atoms with E-state index < -0.39 is 0 Å². The molecule has 1 saturated heterocycles.